The molecule has 0 aliphatic heterocycles. The summed E-state index contributed by atoms with van der Waals surface area (Å²) in [6, 6.07) is 0. The van der Waals surface area contributed by atoms with Crippen molar-refractivity contribution in [2.75, 3.05) is 0 Å². The van der Waals surface area contributed by atoms with Crippen LogP contribution in [-0.4, -0.2) is 66.9 Å². The van der Waals surface area contributed by atoms with E-state index in [1.165, 1.54) is 0 Å². The van der Waals surface area contributed by atoms with Crippen LogP contribution in [0.5, 0.6) is 0 Å². The number of hydrogen-bond donors (Lipinski definition) is 3. The minimum absolute atomic E-state index is 0. The summed E-state index contributed by atoms with van der Waals surface area (Å²) in [4.78, 5) is 72.9. The number of hydrogen-bond acceptors (Lipinski definition) is 13. The Morgan fingerprint density at radius 2 is 0.583 bits per heavy atom. The van der Waals surface area contributed by atoms with Gasteiger partial charge < -0.3 is 66.8 Å². The van der Waals surface area contributed by atoms with E-state index in [0.717, 1.165) is 0 Å². The summed E-state index contributed by atoms with van der Waals surface area (Å²) in [5, 5.41) is 0. The molecule has 0 aromatic rings. The molecule has 128 valence electrons. The fourth-order valence-electron chi connectivity index (χ4n) is 0. The van der Waals surface area contributed by atoms with Gasteiger partial charge in [0.05, 0.1) is 23.5 Å². The topological polar surface area (TPSA) is 331 Å². The molecule has 24 heteroatoms. The van der Waals surface area contributed by atoms with Crippen molar-refractivity contribution in [1.29, 1.82) is 0 Å². The molecule has 0 rings (SSSR count). The van der Waals surface area contributed by atoms with Crippen molar-refractivity contribution in [1.82, 2.24) is 0 Å². The van der Waals surface area contributed by atoms with E-state index >= 15 is 0 Å². The van der Waals surface area contributed by atoms with Gasteiger partial charge in [0, 0.05) is 10.4 Å². The monoisotopic (exact) mass is 484 g/mol. The van der Waals surface area contributed by atoms with Crippen molar-refractivity contribution in [3.8, 4) is 0 Å². The molecule has 24 heavy (non-hydrogen) atoms. The van der Waals surface area contributed by atoms with Gasteiger partial charge >= 0.3 is 93.8 Å². The predicted octanol–water partition coefficient (Wildman–Crippen LogP) is -14.7. The summed E-state index contributed by atoms with van der Waals surface area (Å²) >= 11 is 0. The summed E-state index contributed by atoms with van der Waals surface area (Å²) in [6.07, 6.45) is 0. The van der Waals surface area contributed by atoms with Crippen molar-refractivity contribution in [2.24, 2.45) is 0 Å². The van der Waals surface area contributed by atoms with Crippen molar-refractivity contribution in [2.45, 2.75) is 0 Å². The number of rotatable bonds is 0. The van der Waals surface area contributed by atoms with Crippen LogP contribution in [0.4, 0.5) is 0 Å². The van der Waals surface area contributed by atoms with E-state index in [1.54, 1.807) is 0 Å². The molecule has 0 radical (unpaired) electrons. The third kappa shape index (κ3) is 1400. The largest absolute Gasteiger partial charge is 3.00 e. The molecule has 0 bridgehead atoms. The number of phosphoric acid groups is 3. The SMILES string of the molecule is O=P([O-])([O-])O.O=P([O-])([O-])O.O=P([O-])([O-])O.O=S(=O)([O-])[O-].[Al+3].[Al+3].[Na+].[Na+]. The van der Waals surface area contributed by atoms with Gasteiger partial charge in [-0.15, -0.1) is 0 Å². The van der Waals surface area contributed by atoms with E-state index < -0.39 is 33.9 Å². The van der Waals surface area contributed by atoms with Crippen LogP contribution < -0.4 is 88.5 Å². The van der Waals surface area contributed by atoms with Gasteiger partial charge in [0.15, 0.2) is 0 Å². The second-order valence-electron chi connectivity index (χ2n) is 1.81. The predicted molar refractivity (Wildman–Crippen MR) is 51.5 cm³/mol. The molecular weight excluding hydrogens is 481 g/mol. The van der Waals surface area contributed by atoms with Crippen molar-refractivity contribution in [3.63, 3.8) is 0 Å². The summed E-state index contributed by atoms with van der Waals surface area (Å²) in [7, 11) is -20.6. The zero-order valence-electron chi connectivity index (χ0n) is 11.6. The maximum Gasteiger partial charge on any atom is 3.00 e. The molecule has 0 unspecified atom stereocenters. The minimum Gasteiger partial charge on any atom is -0.790 e. The second-order valence-corrected chi connectivity index (χ2v) is 5.44. The Morgan fingerprint density at radius 3 is 0.583 bits per heavy atom. The first-order valence-electron chi connectivity index (χ1n) is 2.91. The average Bonchev–Trinajstić information content (AvgIpc) is 1.62. The van der Waals surface area contributed by atoms with Gasteiger partial charge in [-0.25, -0.2) is 0 Å². The Morgan fingerprint density at radius 1 is 0.583 bits per heavy atom. The molecule has 16 nitrogen and oxygen atoms in total. The summed E-state index contributed by atoms with van der Waals surface area (Å²) in [5.74, 6) is 0. The van der Waals surface area contributed by atoms with E-state index in [1.807, 2.05) is 0 Å². The minimum atomic E-state index is -5.17. The molecule has 0 amide bonds. The van der Waals surface area contributed by atoms with Gasteiger partial charge in [0.1, 0.15) is 0 Å². The van der Waals surface area contributed by atoms with E-state index in [9.17, 15) is 0 Å². The summed E-state index contributed by atoms with van der Waals surface area (Å²) in [6.45, 7) is 0. The van der Waals surface area contributed by atoms with E-state index in [4.69, 9.17) is 75.3 Å². The van der Waals surface area contributed by atoms with Crippen LogP contribution in [0.25, 0.3) is 0 Å². The van der Waals surface area contributed by atoms with Crippen LogP contribution in [0.3, 0.4) is 0 Å². The molecule has 0 saturated carbocycles. The second kappa shape index (κ2) is 22.6. The van der Waals surface area contributed by atoms with Crippen LogP contribution in [0.1, 0.15) is 0 Å². The van der Waals surface area contributed by atoms with Gasteiger partial charge in [-0.3, -0.25) is 8.42 Å². The van der Waals surface area contributed by atoms with E-state index in [2.05, 4.69) is 0 Å². The van der Waals surface area contributed by atoms with Gasteiger partial charge in [0.25, 0.3) is 0 Å². The summed E-state index contributed by atoms with van der Waals surface area (Å²) in [5.41, 5.74) is 0. The Balaban J connectivity index is -0.0000000225. The first kappa shape index (κ1) is 50.7. The molecule has 0 heterocycles. The average molecular weight is 484 g/mol. The van der Waals surface area contributed by atoms with Gasteiger partial charge in [0.2, 0.25) is 0 Å². The van der Waals surface area contributed by atoms with Crippen molar-refractivity contribution in [3.05, 3.63) is 0 Å². The Kier molecular flexibility index (Phi) is 47.6. The van der Waals surface area contributed by atoms with Crippen molar-refractivity contribution < 1.29 is 134 Å². The normalized spacial score (nSPS) is 9.79. The summed E-state index contributed by atoms with van der Waals surface area (Å²) < 4.78 is 60.1. The van der Waals surface area contributed by atoms with E-state index in [-0.39, 0.29) is 93.8 Å². The van der Waals surface area contributed by atoms with Crippen LogP contribution in [0.15, 0.2) is 0 Å². The zero-order chi connectivity index (χ0) is 18.0. The van der Waals surface area contributed by atoms with Crippen LogP contribution in [-0.2, 0) is 24.1 Å². The van der Waals surface area contributed by atoms with Gasteiger partial charge in [-0.2, -0.15) is 0 Å². The van der Waals surface area contributed by atoms with Crippen LogP contribution >= 0.6 is 23.5 Å². The standard InChI is InChI=1S/2Al.2Na.3H3O4P.H2O4S/c;;;;4*1-5(2,3)4/h;;;;3*(H3,1,2,3,4);(H2,1,2,3,4)/q2*+3;2*+1;;;;/p-8. The Hall–Kier alpha value is 3.26. The molecule has 0 aromatic heterocycles. The fraction of sp³-hybridized carbons (Fsp3) is 0. The van der Waals surface area contributed by atoms with Crippen molar-refractivity contribution >= 4 is 68.6 Å². The van der Waals surface area contributed by atoms with Gasteiger partial charge in [-0.1, -0.05) is 0 Å². The smallest absolute Gasteiger partial charge is 0.790 e. The first-order valence-corrected chi connectivity index (χ1v) is 8.73. The third-order valence-corrected chi connectivity index (χ3v) is 0. The Bertz CT molecular complexity index is 389. The van der Waals surface area contributed by atoms with Crippen LogP contribution in [0, 0.1) is 0 Å². The molecule has 0 spiro atoms. The molecule has 0 aliphatic rings. The molecule has 0 aromatic carbocycles. The molecule has 0 fully saturated rings. The zero-order valence-corrected chi connectivity index (χ0v) is 21.4. The molecular formula is H3Al2Na2O16P3S. The quantitative estimate of drug-likeness (QED) is 0.124. The Labute approximate surface area is 200 Å². The molecule has 0 aliphatic carbocycles. The van der Waals surface area contributed by atoms with E-state index in [0.29, 0.717) is 0 Å². The molecule has 0 saturated heterocycles. The maximum atomic E-state index is 8.66. The van der Waals surface area contributed by atoms with Crippen LogP contribution in [0.2, 0.25) is 0 Å². The van der Waals surface area contributed by atoms with Gasteiger partial charge in [-0.05, 0) is 0 Å². The molecule has 3 N–H and O–H groups in total. The fourth-order valence-corrected chi connectivity index (χ4v) is 0. The maximum absolute atomic E-state index is 8.66. The first-order chi connectivity index (χ1) is 8.00. The molecule has 0 atom stereocenters. The third-order valence-electron chi connectivity index (χ3n) is 0.